The maximum atomic E-state index is 13.8. The van der Waals surface area contributed by atoms with Gasteiger partial charge in [-0.3, -0.25) is 9.59 Å². The van der Waals surface area contributed by atoms with Crippen molar-refractivity contribution in [1.29, 1.82) is 0 Å². The van der Waals surface area contributed by atoms with Gasteiger partial charge in [-0.2, -0.15) is 0 Å². The standard InChI is InChI=1S/C25H32ClN3O4/c1-28-10-8-17(14-24(28)30)21-7-9-27-15-22(21)25(31)29(19-3-4-19)16-18-13-20(5-6-23(18)26)33-12-11-32-2/h5-6,8,10,13-14,19,21-22,27H,3-4,7,9,11-12,15-16H2,1-2H3/t21?,22-/m0/s1. The number of carbonyl (C=O) groups excluding carboxylic acids is 1. The highest BCUT2D eigenvalue weighted by Gasteiger charge is 2.40. The third kappa shape index (κ3) is 5.78. The SMILES string of the molecule is COCCOc1ccc(Cl)c(CN(C(=O)[C@H]2CNCCC2c2ccn(C)c(=O)c2)C2CC2)c1. The van der Waals surface area contributed by atoms with Crippen molar-refractivity contribution in [3.05, 3.63) is 63.0 Å². The van der Waals surface area contributed by atoms with Crippen LogP contribution < -0.4 is 15.6 Å². The number of aryl methyl sites for hydroxylation is 1. The molecule has 1 N–H and O–H groups in total. The van der Waals surface area contributed by atoms with Gasteiger partial charge in [0, 0.05) is 50.6 Å². The number of piperidine rings is 1. The fraction of sp³-hybridized carbons (Fsp3) is 0.520. The summed E-state index contributed by atoms with van der Waals surface area (Å²) in [6.45, 7) is 2.84. The van der Waals surface area contributed by atoms with Crippen molar-refractivity contribution in [2.75, 3.05) is 33.4 Å². The zero-order chi connectivity index (χ0) is 23.4. The lowest BCUT2D eigenvalue weighted by Crippen LogP contribution is -2.47. The first-order valence-corrected chi connectivity index (χ1v) is 11.9. The van der Waals surface area contributed by atoms with Gasteiger partial charge in [0.05, 0.1) is 12.5 Å². The molecule has 4 rings (SSSR count). The monoisotopic (exact) mass is 473 g/mol. The molecule has 1 saturated carbocycles. The number of carbonyl (C=O) groups is 1. The van der Waals surface area contributed by atoms with Crippen molar-refractivity contribution in [2.45, 2.75) is 37.8 Å². The van der Waals surface area contributed by atoms with E-state index in [1.165, 1.54) is 0 Å². The summed E-state index contributed by atoms with van der Waals surface area (Å²) in [5, 5.41) is 4.00. The van der Waals surface area contributed by atoms with Crippen LogP contribution >= 0.6 is 11.6 Å². The average molecular weight is 474 g/mol. The molecule has 2 heterocycles. The number of nitrogens with one attached hydrogen (secondary N) is 1. The van der Waals surface area contributed by atoms with E-state index in [1.807, 2.05) is 29.2 Å². The second-order valence-electron chi connectivity index (χ2n) is 8.91. The van der Waals surface area contributed by atoms with Gasteiger partial charge in [0.15, 0.2) is 0 Å². The molecule has 7 nitrogen and oxygen atoms in total. The molecule has 1 aliphatic carbocycles. The normalized spacial score (nSPS) is 20.5. The highest BCUT2D eigenvalue weighted by Crippen LogP contribution is 2.36. The summed E-state index contributed by atoms with van der Waals surface area (Å²) in [6, 6.07) is 9.45. The minimum Gasteiger partial charge on any atom is -0.491 e. The first-order valence-electron chi connectivity index (χ1n) is 11.6. The zero-order valence-electron chi connectivity index (χ0n) is 19.3. The van der Waals surface area contributed by atoms with E-state index in [0.717, 1.165) is 36.9 Å². The summed E-state index contributed by atoms with van der Waals surface area (Å²) < 4.78 is 12.4. The molecule has 2 fully saturated rings. The molecule has 1 aliphatic heterocycles. The van der Waals surface area contributed by atoms with Gasteiger partial charge in [0.25, 0.3) is 5.56 Å². The summed E-state index contributed by atoms with van der Waals surface area (Å²) >= 11 is 6.51. The molecule has 1 saturated heterocycles. The van der Waals surface area contributed by atoms with Crippen molar-refractivity contribution in [1.82, 2.24) is 14.8 Å². The van der Waals surface area contributed by atoms with Gasteiger partial charge >= 0.3 is 0 Å². The Morgan fingerprint density at radius 2 is 2.03 bits per heavy atom. The van der Waals surface area contributed by atoms with Gasteiger partial charge in [-0.25, -0.2) is 0 Å². The Bertz CT molecular complexity index is 1040. The largest absolute Gasteiger partial charge is 0.491 e. The average Bonchev–Trinajstić information content (AvgIpc) is 3.66. The third-order valence-corrected chi connectivity index (χ3v) is 6.91. The predicted molar refractivity (Wildman–Crippen MR) is 128 cm³/mol. The van der Waals surface area contributed by atoms with E-state index in [4.69, 9.17) is 21.1 Å². The van der Waals surface area contributed by atoms with E-state index in [1.54, 1.807) is 31.0 Å². The molecular formula is C25H32ClN3O4. The topological polar surface area (TPSA) is 72.8 Å². The fourth-order valence-electron chi connectivity index (χ4n) is 4.49. The van der Waals surface area contributed by atoms with E-state index < -0.39 is 0 Å². The molecule has 1 unspecified atom stereocenters. The summed E-state index contributed by atoms with van der Waals surface area (Å²) in [5.74, 6) is 0.642. The van der Waals surface area contributed by atoms with Crippen LogP contribution in [0.15, 0.2) is 41.3 Å². The Kier molecular flexibility index (Phi) is 7.73. The molecule has 2 aromatic rings. The summed E-state index contributed by atoms with van der Waals surface area (Å²) in [7, 11) is 3.37. The van der Waals surface area contributed by atoms with Gasteiger partial charge < -0.3 is 24.3 Å². The quantitative estimate of drug-likeness (QED) is 0.567. The minimum absolute atomic E-state index is 0.0214. The number of halogens is 1. The first kappa shape index (κ1) is 23.8. The van der Waals surface area contributed by atoms with Crippen molar-refractivity contribution in [3.63, 3.8) is 0 Å². The number of amides is 1. The highest BCUT2D eigenvalue weighted by atomic mass is 35.5. The minimum atomic E-state index is -0.216. The molecule has 0 bridgehead atoms. The van der Waals surface area contributed by atoms with E-state index in [0.29, 0.717) is 37.1 Å². The van der Waals surface area contributed by atoms with Gasteiger partial charge in [-0.15, -0.1) is 0 Å². The Hall–Kier alpha value is -2.35. The van der Waals surface area contributed by atoms with Crippen molar-refractivity contribution >= 4 is 17.5 Å². The van der Waals surface area contributed by atoms with Crippen LogP contribution in [0.3, 0.4) is 0 Å². The van der Waals surface area contributed by atoms with Crippen molar-refractivity contribution in [3.8, 4) is 5.75 Å². The molecule has 178 valence electrons. The smallest absolute Gasteiger partial charge is 0.250 e. The first-order chi connectivity index (χ1) is 16.0. The maximum Gasteiger partial charge on any atom is 0.250 e. The van der Waals surface area contributed by atoms with E-state index in [-0.39, 0.29) is 29.3 Å². The number of hydrogen-bond donors (Lipinski definition) is 1. The third-order valence-electron chi connectivity index (χ3n) is 6.54. The van der Waals surface area contributed by atoms with Crippen LogP contribution in [-0.4, -0.2) is 54.8 Å². The Balaban J connectivity index is 1.55. The van der Waals surface area contributed by atoms with Crippen molar-refractivity contribution in [2.24, 2.45) is 13.0 Å². The van der Waals surface area contributed by atoms with Crippen LogP contribution in [0.5, 0.6) is 5.75 Å². The number of rotatable bonds is 9. The number of pyridine rings is 1. The van der Waals surface area contributed by atoms with Crippen LogP contribution in [0.2, 0.25) is 5.02 Å². The summed E-state index contributed by atoms with van der Waals surface area (Å²) in [6.07, 6.45) is 4.62. The van der Waals surface area contributed by atoms with Gasteiger partial charge in [-0.05, 0) is 67.1 Å². The van der Waals surface area contributed by atoms with Crippen LogP contribution in [0.4, 0.5) is 0 Å². The van der Waals surface area contributed by atoms with Crippen LogP contribution in [0.1, 0.15) is 36.3 Å². The summed E-state index contributed by atoms with van der Waals surface area (Å²) in [4.78, 5) is 28.1. The van der Waals surface area contributed by atoms with Crippen molar-refractivity contribution < 1.29 is 14.3 Å². The van der Waals surface area contributed by atoms with Gasteiger partial charge in [-0.1, -0.05) is 11.6 Å². The number of methoxy groups -OCH3 is 1. The second-order valence-corrected chi connectivity index (χ2v) is 9.31. The molecule has 1 amide bonds. The number of ether oxygens (including phenoxy) is 2. The Morgan fingerprint density at radius 3 is 2.76 bits per heavy atom. The second kappa shape index (κ2) is 10.7. The maximum absolute atomic E-state index is 13.8. The number of aromatic nitrogens is 1. The molecule has 1 aromatic heterocycles. The molecule has 0 radical (unpaired) electrons. The summed E-state index contributed by atoms with van der Waals surface area (Å²) in [5.41, 5.74) is 1.77. The van der Waals surface area contributed by atoms with E-state index in [9.17, 15) is 9.59 Å². The number of benzene rings is 1. The Labute approximate surface area is 199 Å². The lowest BCUT2D eigenvalue weighted by atomic mass is 9.80. The van der Waals surface area contributed by atoms with Crippen LogP contribution in [0.25, 0.3) is 0 Å². The molecular weight excluding hydrogens is 442 g/mol. The Morgan fingerprint density at radius 1 is 1.21 bits per heavy atom. The van der Waals surface area contributed by atoms with Gasteiger partial charge in [0.2, 0.25) is 5.91 Å². The van der Waals surface area contributed by atoms with Crippen LogP contribution in [-0.2, 0) is 23.1 Å². The molecule has 8 heteroatoms. The van der Waals surface area contributed by atoms with E-state index in [2.05, 4.69) is 5.32 Å². The van der Waals surface area contributed by atoms with Crippen LogP contribution in [0, 0.1) is 5.92 Å². The van der Waals surface area contributed by atoms with Gasteiger partial charge in [0.1, 0.15) is 12.4 Å². The fourth-order valence-corrected chi connectivity index (χ4v) is 4.66. The molecule has 33 heavy (non-hydrogen) atoms. The predicted octanol–water partition coefficient (Wildman–Crippen LogP) is 2.95. The molecule has 2 atom stereocenters. The number of nitrogens with zero attached hydrogens (tertiary/aromatic N) is 2. The lowest BCUT2D eigenvalue weighted by molar-refractivity contribution is -0.138. The molecule has 0 spiro atoms. The number of hydrogen-bond acceptors (Lipinski definition) is 5. The molecule has 1 aromatic carbocycles. The van der Waals surface area contributed by atoms with E-state index >= 15 is 0 Å². The highest BCUT2D eigenvalue weighted by molar-refractivity contribution is 6.31. The lowest BCUT2D eigenvalue weighted by Gasteiger charge is -2.36. The molecule has 2 aliphatic rings. The zero-order valence-corrected chi connectivity index (χ0v) is 20.0.